The summed E-state index contributed by atoms with van der Waals surface area (Å²) >= 11 is -2.55. The van der Waals surface area contributed by atoms with E-state index in [1.54, 1.807) is 43.0 Å². The van der Waals surface area contributed by atoms with Gasteiger partial charge in [-0.3, -0.25) is 18.1 Å². The van der Waals surface area contributed by atoms with E-state index < -0.39 is 28.8 Å². The second-order valence-electron chi connectivity index (χ2n) is 10.6. The number of anilines is 2. The lowest BCUT2D eigenvalue weighted by Crippen LogP contribution is -2.58. The SMILES string of the molecule is Cc1ccc(N(c2ccc3c(c2)CN(C(=O)C(COCc2ccccc2)NC(=O)C(C)(C)N)CC3)S(=O)[O-])cc1. The van der Waals surface area contributed by atoms with Crippen LogP contribution < -0.4 is 15.4 Å². The van der Waals surface area contributed by atoms with Gasteiger partial charge in [-0.25, -0.2) is 0 Å². The molecular weight excluding hydrogens is 528 g/mol. The Balaban J connectivity index is 1.53. The fourth-order valence-corrected chi connectivity index (χ4v) is 5.05. The van der Waals surface area contributed by atoms with Crippen LogP contribution in [0.1, 0.15) is 36.1 Å². The molecule has 0 bridgehead atoms. The van der Waals surface area contributed by atoms with Gasteiger partial charge in [0.05, 0.1) is 41.4 Å². The highest BCUT2D eigenvalue weighted by molar-refractivity contribution is 7.81. The summed E-state index contributed by atoms with van der Waals surface area (Å²) in [7, 11) is 0. The summed E-state index contributed by atoms with van der Waals surface area (Å²) in [5.41, 5.74) is 9.66. The van der Waals surface area contributed by atoms with Crippen molar-refractivity contribution in [2.24, 2.45) is 5.73 Å². The van der Waals surface area contributed by atoms with Crippen molar-refractivity contribution in [1.82, 2.24) is 10.2 Å². The molecule has 2 unspecified atom stereocenters. The molecule has 0 saturated carbocycles. The third kappa shape index (κ3) is 7.33. The Morgan fingerprint density at radius 1 is 1.07 bits per heavy atom. The fourth-order valence-electron chi connectivity index (χ4n) is 4.47. The molecule has 0 aromatic heterocycles. The van der Waals surface area contributed by atoms with Crippen molar-refractivity contribution in [3.63, 3.8) is 0 Å². The van der Waals surface area contributed by atoms with E-state index in [2.05, 4.69) is 5.32 Å². The van der Waals surface area contributed by atoms with Gasteiger partial charge in [0.15, 0.2) is 0 Å². The molecule has 2 amide bonds. The number of nitrogens with two attached hydrogens (primary N) is 1. The Bertz CT molecular complexity index is 1360. The summed E-state index contributed by atoms with van der Waals surface area (Å²) < 4.78 is 31.5. The highest BCUT2D eigenvalue weighted by Gasteiger charge is 2.32. The number of aryl methyl sites for hydroxylation is 1. The number of amides is 2. The van der Waals surface area contributed by atoms with E-state index >= 15 is 0 Å². The molecule has 40 heavy (non-hydrogen) atoms. The molecule has 3 aromatic carbocycles. The Hall–Kier alpha value is -3.57. The quantitative estimate of drug-likeness (QED) is 0.365. The Morgan fingerprint density at radius 2 is 1.75 bits per heavy atom. The maximum absolute atomic E-state index is 13.7. The lowest BCUT2D eigenvalue weighted by atomic mass is 9.98. The van der Waals surface area contributed by atoms with Gasteiger partial charge in [-0.05, 0) is 68.1 Å². The lowest BCUT2D eigenvalue weighted by molar-refractivity contribution is -0.140. The van der Waals surface area contributed by atoms with E-state index in [9.17, 15) is 18.4 Å². The van der Waals surface area contributed by atoms with Crippen LogP contribution in [0.4, 0.5) is 11.4 Å². The molecule has 3 aromatic rings. The highest BCUT2D eigenvalue weighted by Crippen LogP contribution is 2.31. The maximum atomic E-state index is 13.7. The van der Waals surface area contributed by atoms with E-state index in [-0.39, 0.29) is 19.1 Å². The number of ether oxygens (including phenoxy) is 1. The van der Waals surface area contributed by atoms with Crippen LogP contribution in [0.5, 0.6) is 0 Å². The van der Waals surface area contributed by atoms with E-state index in [1.165, 1.54) is 4.31 Å². The van der Waals surface area contributed by atoms with Gasteiger partial charge in [0.2, 0.25) is 11.8 Å². The standard InChI is InChI=1S/C30H36N4O5S/c1-21-9-12-25(13-10-21)34(40(37)38)26-14-11-23-15-16-33(18-24(23)17-26)28(35)27(32-29(36)30(2,3)31)20-39-19-22-7-5-4-6-8-22/h4-14,17,27H,15-16,18-20,31H2,1-3H3,(H,32,36)(H,37,38)/p-1. The minimum absolute atomic E-state index is 0.0185. The summed E-state index contributed by atoms with van der Waals surface area (Å²) in [5, 5.41) is 2.76. The van der Waals surface area contributed by atoms with E-state index in [4.69, 9.17) is 10.5 Å². The van der Waals surface area contributed by atoms with E-state index in [1.807, 2.05) is 55.5 Å². The number of hydrogen-bond donors (Lipinski definition) is 2. The number of rotatable bonds is 10. The van der Waals surface area contributed by atoms with Gasteiger partial charge in [0.25, 0.3) is 0 Å². The second-order valence-corrected chi connectivity index (χ2v) is 11.4. The number of hydrogen-bond acceptors (Lipinski definition) is 6. The van der Waals surface area contributed by atoms with Gasteiger partial charge in [0.1, 0.15) is 6.04 Å². The topological polar surface area (TPSA) is 128 Å². The molecule has 1 aliphatic heterocycles. The van der Waals surface area contributed by atoms with Crippen molar-refractivity contribution < 1.29 is 23.1 Å². The van der Waals surface area contributed by atoms with Gasteiger partial charge >= 0.3 is 0 Å². The number of fused-ring (bicyclic) bond motifs is 1. The molecule has 212 valence electrons. The first-order valence-electron chi connectivity index (χ1n) is 13.1. The first-order chi connectivity index (χ1) is 19.0. The largest absolute Gasteiger partial charge is 0.755 e. The van der Waals surface area contributed by atoms with Crippen LogP contribution in [-0.4, -0.2) is 50.2 Å². The average molecular weight is 564 g/mol. The molecule has 2 atom stereocenters. The van der Waals surface area contributed by atoms with Gasteiger partial charge in [-0.1, -0.05) is 54.1 Å². The average Bonchev–Trinajstić information content (AvgIpc) is 2.92. The monoisotopic (exact) mass is 563 g/mol. The molecule has 0 spiro atoms. The molecule has 10 heteroatoms. The summed E-state index contributed by atoms with van der Waals surface area (Å²) in [5.74, 6) is -0.745. The van der Waals surface area contributed by atoms with Crippen molar-refractivity contribution in [3.8, 4) is 0 Å². The van der Waals surface area contributed by atoms with Crippen molar-refractivity contribution in [1.29, 1.82) is 0 Å². The minimum Gasteiger partial charge on any atom is -0.755 e. The maximum Gasteiger partial charge on any atom is 0.247 e. The van der Waals surface area contributed by atoms with E-state index in [0.29, 0.717) is 30.9 Å². The molecule has 1 heterocycles. The van der Waals surface area contributed by atoms with Crippen molar-refractivity contribution >= 4 is 34.5 Å². The number of nitrogens with one attached hydrogen (secondary N) is 1. The predicted octanol–water partition coefficient (Wildman–Crippen LogP) is 3.25. The Kier molecular flexibility index (Phi) is 9.36. The summed E-state index contributed by atoms with van der Waals surface area (Å²) in [4.78, 5) is 28.0. The van der Waals surface area contributed by atoms with Gasteiger partial charge in [-0.15, -0.1) is 0 Å². The second kappa shape index (κ2) is 12.7. The normalized spacial score (nSPS) is 14.7. The minimum atomic E-state index is -2.55. The molecule has 9 nitrogen and oxygen atoms in total. The Morgan fingerprint density at radius 3 is 2.40 bits per heavy atom. The van der Waals surface area contributed by atoms with Crippen LogP contribution in [0.15, 0.2) is 72.8 Å². The molecule has 0 aliphatic carbocycles. The molecule has 0 radical (unpaired) electrons. The van der Waals surface area contributed by atoms with Crippen LogP contribution in [0, 0.1) is 6.92 Å². The molecule has 4 rings (SSSR count). The van der Waals surface area contributed by atoms with Crippen LogP contribution >= 0.6 is 0 Å². The van der Waals surface area contributed by atoms with Gasteiger partial charge < -0.3 is 25.2 Å². The van der Waals surface area contributed by atoms with Crippen LogP contribution in [0.25, 0.3) is 0 Å². The third-order valence-electron chi connectivity index (χ3n) is 6.75. The zero-order valence-corrected chi connectivity index (χ0v) is 23.8. The van der Waals surface area contributed by atoms with Crippen LogP contribution in [0.2, 0.25) is 0 Å². The zero-order chi connectivity index (χ0) is 28.9. The van der Waals surface area contributed by atoms with Crippen molar-refractivity contribution in [2.45, 2.75) is 51.9 Å². The fraction of sp³-hybridized carbons (Fsp3) is 0.333. The summed E-state index contributed by atoms with van der Waals surface area (Å²) in [6.07, 6.45) is 0.597. The molecule has 3 N–H and O–H groups in total. The van der Waals surface area contributed by atoms with E-state index in [0.717, 1.165) is 22.3 Å². The van der Waals surface area contributed by atoms with Gasteiger partial charge in [-0.2, -0.15) is 0 Å². The van der Waals surface area contributed by atoms with Crippen molar-refractivity contribution in [2.75, 3.05) is 17.5 Å². The number of benzene rings is 3. The lowest BCUT2D eigenvalue weighted by Gasteiger charge is -2.34. The van der Waals surface area contributed by atoms with Crippen LogP contribution in [-0.2, 0) is 45.2 Å². The number of carbonyl (C=O) groups excluding carboxylic acids is 2. The summed E-state index contributed by atoms with van der Waals surface area (Å²) in [6.45, 7) is 6.09. The first-order valence-corrected chi connectivity index (χ1v) is 14.1. The number of nitrogens with zero attached hydrogens (tertiary/aromatic N) is 2. The molecule has 1 aliphatic rings. The predicted molar refractivity (Wildman–Crippen MR) is 154 cm³/mol. The number of carbonyl (C=O) groups is 2. The van der Waals surface area contributed by atoms with Crippen molar-refractivity contribution in [3.05, 3.63) is 95.1 Å². The molecule has 0 saturated heterocycles. The highest BCUT2D eigenvalue weighted by atomic mass is 32.2. The third-order valence-corrected chi connectivity index (χ3v) is 7.47. The van der Waals surface area contributed by atoms with Gasteiger partial charge in [0, 0.05) is 13.1 Å². The molecule has 0 fully saturated rings. The van der Waals surface area contributed by atoms with Crippen LogP contribution in [0.3, 0.4) is 0 Å². The Labute approximate surface area is 237 Å². The first kappa shape index (κ1) is 29.4. The zero-order valence-electron chi connectivity index (χ0n) is 23.0. The summed E-state index contributed by atoms with van der Waals surface area (Å²) in [6, 6.07) is 21.3. The smallest absolute Gasteiger partial charge is 0.247 e. The molecular formula is C30H35N4O5S-.